The van der Waals surface area contributed by atoms with E-state index in [4.69, 9.17) is 16.0 Å². The van der Waals surface area contributed by atoms with Crippen LogP contribution in [0.5, 0.6) is 0 Å². The number of sulfonamides is 1. The third-order valence-corrected chi connectivity index (χ3v) is 4.68. The van der Waals surface area contributed by atoms with E-state index in [-0.39, 0.29) is 22.3 Å². The van der Waals surface area contributed by atoms with Crippen molar-refractivity contribution in [3.05, 3.63) is 17.6 Å². The van der Waals surface area contributed by atoms with Crippen LogP contribution < -0.4 is 0 Å². The summed E-state index contributed by atoms with van der Waals surface area (Å²) in [5.41, 5.74) is 0. The standard InChI is InChI=1S/C10H13ClF3NO3S/c1-7-9(5-8(6-11)18-7)19(16,17)15(2)4-3-10(12,13)14/h5H,3-4,6H2,1-2H3. The minimum Gasteiger partial charge on any atom is -0.464 e. The summed E-state index contributed by atoms with van der Waals surface area (Å²) in [7, 11) is -2.91. The quantitative estimate of drug-likeness (QED) is 0.784. The Labute approximate surface area is 114 Å². The molecule has 0 saturated carbocycles. The zero-order valence-corrected chi connectivity index (χ0v) is 11.9. The van der Waals surface area contributed by atoms with Crippen molar-refractivity contribution in [2.24, 2.45) is 0 Å². The van der Waals surface area contributed by atoms with E-state index in [1.165, 1.54) is 13.0 Å². The van der Waals surface area contributed by atoms with Gasteiger partial charge in [-0.15, -0.1) is 11.6 Å². The Morgan fingerprint density at radius 3 is 2.42 bits per heavy atom. The Balaban J connectivity index is 2.93. The summed E-state index contributed by atoms with van der Waals surface area (Å²) in [6.45, 7) is 0.771. The Bertz CT molecular complexity index is 539. The Morgan fingerprint density at radius 1 is 1.42 bits per heavy atom. The van der Waals surface area contributed by atoms with Gasteiger partial charge in [-0.1, -0.05) is 0 Å². The van der Waals surface area contributed by atoms with E-state index in [1.807, 2.05) is 0 Å². The average Bonchev–Trinajstić information content (AvgIpc) is 2.67. The topological polar surface area (TPSA) is 50.5 Å². The molecule has 0 aliphatic heterocycles. The molecule has 9 heteroatoms. The highest BCUT2D eigenvalue weighted by Crippen LogP contribution is 2.26. The normalized spacial score (nSPS) is 13.2. The molecule has 19 heavy (non-hydrogen) atoms. The first-order chi connectivity index (χ1) is 8.58. The molecule has 0 saturated heterocycles. The van der Waals surface area contributed by atoms with E-state index in [9.17, 15) is 21.6 Å². The van der Waals surface area contributed by atoms with Crippen molar-refractivity contribution in [1.82, 2.24) is 4.31 Å². The van der Waals surface area contributed by atoms with Crippen molar-refractivity contribution in [2.45, 2.75) is 30.3 Å². The van der Waals surface area contributed by atoms with Crippen LogP contribution in [0.4, 0.5) is 13.2 Å². The lowest BCUT2D eigenvalue weighted by molar-refractivity contribution is -0.135. The maximum Gasteiger partial charge on any atom is 0.390 e. The molecule has 0 aliphatic carbocycles. The fourth-order valence-electron chi connectivity index (χ4n) is 1.42. The highest BCUT2D eigenvalue weighted by molar-refractivity contribution is 7.89. The summed E-state index contributed by atoms with van der Waals surface area (Å²) in [4.78, 5) is -0.159. The lowest BCUT2D eigenvalue weighted by atomic mass is 10.4. The minimum atomic E-state index is -4.41. The monoisotopic (exact) mass is 319 g/mol. The van der Waals surface area contributed by atoms with Gasteiger partial charge in [0.15, 0.2) is 0 Å². The molecule has 0 spiro atoms. The molecule has 1 rings (SSSR count). The van der Waals surface area contributed by atoms with Gasteiger partial charge in [0.2, 0.25) is 10.0 Å². The van der Waals surface area contributed by atoms with Crippen LogP contribution in [0.2, 0.25) is 0 Å². The molecule has 0 aliphatic rings. The third kappa shape index (κ3) is 4.12. The molecule has 0 fully saturated rings. The molecule has 0 unspecified atom stereocenters. The lowest BCUT2D eigenvalue weighted by Crippen LogP contribution is -2.30. The van der Waals surface area contributed by atoms with Gasteiger partial charge in [-0.3, -0.25) is 0 Å². The molecule has 1 aromatic heterocycles. The smallest absolute Gasteiger partial charge is 0.390 e. The van der Waals surface area contributed by atoms with Crippen LogP contribution in [0.25, 0.3) is 0 Å². The molecule has 0 aromatic carbocycles. The van der Waals surface area contributed by atoms with Crippen molar-refractivity contribution in [1.29, 1.82) is 0 Å². The van der Waals surface area contributed by atoms with Gasteiger partial charge in [0.1, 0.15) is 16.4 Å². The van der Waals surface area contributed by atoms with E-state index < -0.39 is 29.2 Å². The second-order valence-corrected chi connectivity index (χ2v) is 6.24. The number of nitrogens with zero attached hydrogens (tertiary/aromatic N) is 1. The Hall–Kier alpha value is -0.730. The third-order valence-electron chi connectivity index (χ3n) is 2.45. The van der Waals surface area contributed by atoms with Gasteiger partial charge in [-0.25, -0.2) is 12.7 Å². The van der Waals surface area contributed by atoms with Crippen LogP contribution in [0.15, 0.2) is 15.4 Å². The van der Waals surface area contributed by atoms with Gasteiger partial charge in [0, 0.05) is 19.7 Å². The van der Waals surface area contributed by atoms with Gasteiger partial charge >= 0.3 is 6.18 Å². The second kappa shape index (κ2) is 5.72. The van der Waals surface area contributed by atoms with Gasteiger partial charge < -0.3 is 4.42 Å². The second-order valence-electron chi connectivity index (χ2n) is 3.96. The lowest BCUT2D eigenvalue weighted by Gasteiger charge is -2.17. The molecule has 110 valence electrons. The Kier molecular flexibility index (Phi) is 4.91. The van der Waals surface area contributed by atoms with Crippen molar-refractivity contribution in [2.75, 3.05) is 13.6 Å². The van der Waals surface area contributed by atoms with E-state index in [0.717, 1.165) is 7.05 Å². The van der Waals surface area contributed by atoms with Crippen LogP contribution >= 0.6 is 11.6 Å². The summed E-state index contributed by atoms with van der Waals surface area (Å²) >= 11 is 5.51. The molecular weight excluding hydrogens is 307 g/mol. The van der Waals surface area contributed by atoms with Gasteiger partial charge in [-0.05, 0) is 6.92 Å². The molecule has 0 bridgehead atoms. The predicted molar refractivity (Wildman–Crippen MR) is 63.5 cm³/mol. The predicted octanol–water partition coefficient (Wildman–Crippen LogP) is 2.90. The van der Waals surface area contributed by atoms with Crippen molar-refractivity contribution < 1.29 is 26.0 Å². The molecular formula is C10H13ClF3NO3S. The van der Waals surface area contributed by atoms with Crippen LogP contribution in [0.3, 0.4) is 0 Å². The summed E-state index contributed by atoms with van der Waals surface area (Å²) < 4.78 is 66.1. The molecule has 1 heterocycles. The average molecular weight is 320 g/mol. The number of alkyl halides is 4. The number of furan rings is 1. The highest BCUT2D eigenvalue weighted by Gasteiger charge is 2.31. The zero-order chi connectivity index (χ0) is 14.8. The number of halogens is 4. The fraction of sp³-hybridized carbons (Fsp3) is 0.600. The zero-order valence-electron chi connectivity index (χ0n) is 10.3. The van der Waals surface area contributed by atoms with Crippen LogP contribution in [-0.4, -0.2) is 32.5 Å². The van der Waals surface area contributed by atoms with E-state index in [2.05, 4.69) is 0 Å². The van der Waals surface area contributed by atoms with E-state index >= 15 is 0 Å². The van der Waals surface area contributed by atoms with Gasteiger partial charge in [-0.2, -0.15) is 13.2 Å². The Morgan fingerprint density at radius 2 is 2.00 bits per heavy atom. The fourth-order valence-corrected chi connectivity index (χ4v) is 2.90. The van der Waals surface area contributed by atoms with Crippen LogP contribution in [-0.2, 0) is 15.9 Å². The van der Waals surface area contributed by atoms with E-state index in [1.54, 1.807) is 0 Å². The number of hydrogen-bond acceptors (Lipinski definition) is 3. The number of hydrogen-bond donors (Lipinski definition) is 0. The molecule has 0 atom stereocenters. The molecule has 1 aromatic rings. The van der Waals surface area contributed by atoms with Gasteiger partial charge in [0.05, 0.1) is 12.3 Å². The number of rotatable bonds is 5. The molecule has 0 radical (unpaired) electrons. The first-order valence-corrected chi connectivity index (χ1v) is 7.23. The molecule has 0 amide bonds. The summed E-state index contributed by atoms with van der Waals surface area (Å²) in [6, 6.07) is 1.22. The largest absolute Gasteiger partial charge is 0.464 e. The molecule has 0 N–H and O–H groups in total. The number of aryl methyl sites for hydroxylation is 1. The minimum absolute atomic E-state index is 0.0113. The van der Waals surface area contributed by atoms with E-state index in [0.29, 0.717) is 4.31 Å². The van der Waals surface area contributed by atoms with Crippen molar-refractivity contribution >= 4 is 21.6 Å². The first-order valence-electron chi connectivity index (χ1n) is 5.26. The summed E-state index contributed by atoms with van der Waals surface area (Å²) in [5.74, 6) is 0.347. The maximum absolute atomic E-state index is 12.1. The molecule has 4 nitrogen and oxygen atoms in total. The SMILES string of the molecule is Cc1oc(CCl)cc1S(=O)(=O)N(C)CCC(F)(F)F. The first kappa shape index (κ1) is 16.3. The highest BCUT2D eigenvalue weighted by atomic mass is 35.5. The van der Waals surface area contributed by atoms with Crippen LogP contribution in [0, 0.1) is 6.92 Å². The van der Waals surface area contributed by atoms with Crippen molar-refractivity contribution in [3.63, 3.8) is 0 Å². The summed E-state index contributed by atoms with van der Waals surface area (Å²) in [5, 5.41) is 0. The summed E-state index contributed by atoms with van der Waals surface area (Å²) in [6.07, 6.45) is -5.61. The maximum atomic E-state index is 12.1. The van der Waals surface area contributed by atoms with Crippen molar-refractivity contribution in [3.8, 4) is 0 Å². The van der Waals surface area contributed by atoms with Crippen LogP contribution in [0.1, 0.15) is 17.9 Å². The van der Waals surface area contributed by atoms with Gasteiger partial charge in [0.25, 0.3) is 0 Å².